The van der Waals surface area contributed by atoms with Crippen molar-refractivity contribution in [1.82, 2.24) is 14.9 Å². The molecule has 0 radical (unpaired) electrons. The number of aromatic nitrogens is 2. The Kier molecular flexibility index (Phi) is 5.47. The standard InChI is InChI=1S/C17H22N4O5S/c1-4-11(3)20-27(23,24)12-6-7-14-13(8-12)21(17(22)10-25-14)9-15-18-16(5-2)26-19-15/h6-8,11,20H,4-5,9-10H2,1-3H3. The van der Waals surface area contributed by atoms with Crippen molar-refractivity contribution in [3.8, 4) is 5.75 Å². The van der Waals surface area contributed by atoms with Gasteiger partial charge < -0.3 is 9.26 Å². The average Bonchev–Trinajstić information content (AvgIpc) is 3.11. The van der Waals surface area contributed by atoms with Crippen LogP contribution in [0.3, 0.4) is 0 Å². The van der Waals surface area contributed by atoms with E-state index < -0.39 is 10.0 Å². The molecule has 0 aliphatic carbocycles. The number of anilines is 1. The van der Waals surface area contributed by atoms with Crippen molar-refractivity contribution in [1.29, 1.82) is 0 Å². The van der Waals surface area contributed by atoms with Crippen LogP contribution in [0.1, 0.15) is 38.9 Å². The van der Waals surface area contributed by atoms with E-state index in [2.05, 4.69) is 14.9 Å². The van der Waals surface area contributed by atoms with Crippen LogP contribution in [-0.2, 0) is 27.8 Å². The molecule has 2 heterocycles. The van der Waals surface area contributed by atoms with Gasteiger partial charge in [-0.2, -0.15) is 4.98 Å². The third-order valence-corrected chi connectivity index (χ3v) is 5.85. The van der Waals surface area contributed by atoms with E-state index in [4.69, 9.17) is 9.26 Å². The van der Waals surface area contributed by atoms with Gasteiger partial charge in [0.15, 0.2) is 12.4 Å². The molecule has 0 bridgehead atoms. The molecule has 1 aliphatic rings. The van der Waals surface area contributed by atoms with E-state index >= 15 is 0 Å². The summed E-state index contributed by atoms with van der Waals surface area (Å²) in [7, 11) is -3.71. The third kappa shape index (κ3) is 4.11. The van der Waals surface area contributed by atoms with Gasteiger partial charge in [-0.3, -0.25) is 9.69 Å². The highest BCUT2D eigenvalue weighted by Gasteiger charge is 2.29. The van der Waals surface area contributed by atoms with Crippen molar-refractivity contribution in [2.24, 2.45) is 0 Å². The highest BCUT2D eigenvalue weighted by molar-refractivity contribution is 7.89. The molecule has 146 valence electrons. The fourth-order valence-electron chi connectivity index (χ4n) is 2.58. The van der Waals surface area contributed by atoms with Crippen LogP contribution in [0.25, 0.3) is 0 Å². The van der Waals surface area contributed by atoms with Crippen LogP contribution < -0.4 is 14.4 Å². The summed E-state index contributed by atoms with van der Waals surface area (Å²) in [4.78, 5) is 18.1. The van der Waals surface area contributed by atoms with Gasteiger partial charge in [-0.15, -0.1) is 0 Å². The number of hydrogen-bond acceptors (Lipinski definition) is 7. The Morgan fingerprint density at radius 2 is 2.11 bits per heavy atom. The molecule has 27 heavy (non-hydrogen) atoms. The summed E-state index contributed by atoms with van der Waals surface area (Å²) in [5.74, 6) is 0.935. The number of amides is 1. The van der Waals surface area contributed by atoms with Crippen molar-refractivity contribution in [2.75, 3.05) is 11.5 Å². The molecule has 1 amide bonds. The molecule has 1 aliphatic heterocycles. The van der Waals surface area contributed by atoms with Gasteiger partial charge in [-0.05, 0) is 31.5 Å². The SMILES string of the molecule is CCc1nc(CN2C(=O)COc3ccc(S(=O)(=O)NC(C)CC)cc32)no1. The molecule has 2 aromatic rings. The Bertz CT molecular complexity index is 941. The molecular formula is C17H22N4O5S. The molecule has 0 fully saturated rings. The Labute approximate surface area is 157 Å². The van der Waals surface area contributed by atoms with E-state index in [1.54, 1.807) is 13.0 Å². The van der Waals surface area contributed by atoms with E-state index in [0.717, 1.165) is 0 Å². The summed E-state index contributed by atoms with van der Waals surface area (Å²) < 4.78 is 38.3. The zero-order valence-electron chi connectivity index (χ0n) is 15.4. The van der Waals surface area contributed by atoms with Crippen molar-refractivity contribution in [2.45, 2.75) is 51.1 Å². The lowest BCUT2D eigenvalue weighted by Gasteiger charge is -2.28. The summed E-state index contributed by atoms with van der Waals surface area (Å²) in [5, 5.41) is 3.86. The molecule has 0 saturated heterocycles. The lowest BCUT2D eigenvalue weighted by Crippen LogP contribution is -2.39. The second-order valence-electron chi connectivity index (χ2n) is 6.29. The van der Waals surface area contributed by atoms with Crippen LogP contribution in [0.4, 0.5) is 5.69 Å². The van der Waals surface area contributed by atoms with Crippen molar-refractivity contribution >= 4 is 21.6 Å². The molecule has 9 nitrogen and oxygen atoms in total. The van der Waals surface area contributed by atoms with E-state index in [-0.39, 0.29) is 30.0 Å². The molecule has 0 spiro atoms. The van der Waals surface area contributed by atoms with Gasteiger partial charge in [0.2, 0.25) is 15.9 Å². The van der Waals surface area contributed by atoms with E-state index in [9.17, 15) is 13.2 Å². The average molecular weight is 394 g/mol. The number of hydrogen-bond donors (Lipinski definition) is 1. The predicted molar refractivity (Wildman–Crippen MR) is 96.9 cm³/mol. The number of benzene rings is 1. The largest absolute Gasteiger partial charge is 0.482 e. The smallest absolute Gasteiger partial charge is 0.265 e. The zero-order chi connectivity index (χ0) is 19.6. The molecule has 1 N–H and O–H groups in total. The first kappa shape index (κ1) is 19.3. The Balaban J connectivity index is 1.94. The summed E-state index contributed by atoms with van der Waals surface area (Å²) >= 11 is 0. The van der Waals surface area contributed by atoms with Gasteiger partial charge in [0, 0.05) is 12.5 Å². The number of aryl methyl sites for hydroxylation is 1. The second kappa shape index (κ2) is 7.65. The summed E-state index contributed by atoms with van der Waals surface area (Å²) in [6, 6.07) is 4.24. The van der Waals surface area contributed by atoms with E-state index in [1.165, 1.54) is 17.0 Å². The minimum atomic E-state index is -3.71. The minimum absolute atomic E-state index is 0.0622. The molecule has 10 heteroatoms. The molecule has 0 saturated carbocycles. The maximum Gasteiger partial charge on any atom is 0.265 e. The first-order chi connectivity index (χ1) is 12.8. The van der Waals surface area contributed by atoms with Crippen molar-refractivity contribution < 1.29 is 22.5 Å². The predicted octanol–water partition coefficient (Wildman–Crippen LogP) is 1.63. The van der Waals surface area contributed by atoms with Gasteiger partial charge in [0.25, 0.3) is 5.91 Å². The van der Waals surface area contributed by atoms with Gasteiger partial charge in [0.05, 0.1) is 17.1 Å². The van der Waals surface area contributed by atoms with Crippen LogP contribution in [-0.4, -0.2) is 37.1 Å². The van der Waals surface area contributed by atoms with Crippen LogP contribution >= 0.6 is 0 Å². The van der Waals surface area contributed by atoms with Gasteiger partial charge >= 0.3 is 0 Å². The first-order valence-electron chi connectivity index (χ1n) is 8.75. The summed E-state index contributed by atoms with van der Waals surface area (Å²) in [6.07, 6.45) is 1.25. The molecule has 3 rings (SSSR count). The zero-order valence-corrected chi connectivity index (χ0v) is 16.2. The highest BCUT2D eigenvalue weighted by atomic mass is 32.2. The molecular weight excluding hydrogens is 372 g/mol. The number of fused-ring (bicyclic) bond motifs is 1. The fraction of sp³-hybridized carbons (Fsp3) is 0.471. The maximum atomic E-state index is 12.6. The van der Waals surface area contributed by atoms with E-state index in [1.807, 2.05) is 13.8 Å². The Hall–Kier alpha value is -2.46. The quantitative estimate of drug-likeness (QED) is 0.759. The maximum absolute atomic E-state index is 12.6. The number of rotatable bonds is 7. The molecule has 1 aromatic carbocycles. The number of carbonyl (C=O) groups is 1. The molecule has 1 atom stereocenters. The summed E-state index contributed by atoms with van der Waals surface area (Å²) in [5.41, 5.74) is 0.362. The number of ether oxygens (including phenoxy) is 1. The van der Waals surface area contributed by atoms with Crippen molar-refractivity contribution in [3.05, 3.63) is 29.9 Å². The number of carbonyl (C=O) groups excluding carboxylic acids is 1. The minimum Gasteiger partial charge on any atom is -0.482 e. The molecule has 1 unspecified atom stereocenters. The third-order valence-electron chi connectivity index (χ3n) is 4.26. The van der Waals surface area contributed by atoms with Crippen molar-refractivity contribution in [3.63, 3.8) is 0 Å². The normalized spacial score (nSPS) is 15.4. The van der Waals surface area contributed by atoms with Crippen LogP contribution in [0, 0.1) is 0 Å². The van der Waals surface area contributed by atoms with Crippen LogP contribution in [0.15, 0.2) is 27.6 Å². The topological polar surface area (TPSA) is 115 Å². The number of nitrogens with zero attached hydrogens (tertiary/aromatic N) is 3. The number of sulfonamides is 1. The lowest BCUT2D eigenvalue weighted by atomic mass is 10.2. The monoisotopic (exact) mass is 394 g/mol. The van der Waals surface area contributed by atoms with Gasteiger partial charge in [-0.25, -0.2) is 13.1 Å². The first-order valence-corrected chi connectivity index (χ1v) is 10.2. The highest BCUT2D eigenvalue weighted by Crippen LogP contribution is 2.35. The van der Waals surface area contributed by atoms with E-state index in [0.29, 0.717) is 36.0 Å². The fourth-order valence-corrected chi connectivity index (χ4v) is 3.92. The van der Waals surface area contributed by atoms with Gasteiger partial charge in [-0.1, -0.05) is 19.0 Å². The lowest BCUT2D eigenvalue weighted by molar-refractivity contribution is -0.121. The van der Waals surface area contributed by atoms with Gasteiger partial charge in [0.1, 0.15) is 5.75 Å². The second-order valence-corrected chi connectivity index (χ2v) is 8.00. The van der Waals surface area contributed by atoms with Crippen LogP contribution in [0.5, 0.6) is 5.75 Å². The Morgan fingerprint density at radius 1 is 1.33 bits per heavy atom. The van der Waals surface area contributed by atoms with Crippen LogP contribution in [0.2, 0.25) is 0 Å². The molecule has 1 aromatic heterocycles. The Morgan fingerprint density at radius 3 is 2.78 bits per heavy atom. The number of nitrogens with one attached hydrogen (secondary N) is 1. The summed E-state index contributed by atoms with van der Waals surface area (Å²) in [6.45, 7) is 5.50.